The Kier molecular flexibility index (Phi) is 5.79. The van der Waals surface area contributed by atoms with Crippen LogP contribution in [0.4, 0.5) is 8.78 Å². The van der Waals surface area contributed by atoms with Gasteiger partial charge < -0.3 is 9.74 Å². The van der Waals surface area contributed by atoms with Gasteiger partial charge in [-0.25, -0.2) is 8.78 Å². The number of hydrogen-bond acceptors (Lipinski definition) is 4. The number of nitrogens with zero attached hydrogens (tertiary/aromatic N) is 3. The Morgan fingerprint density at radius 1 is 1.00 bits per heavy atom. The fourth-order valence-corrected chi connectivity index (χ4v) is 3.31. The van der Waals surface area contributed by atoms with Crippen molar-refractivity contribution in [3.8, 4) is 0 Å². The normalized spacial score (nSPS) is 15.4. The Morgan fingerprint density at radius 3 is 2.47 bits per heavy atom. The Bertz CT molecular complexity index is 1070. The first-order valence-corrected chi connectivity index (χ1v) is 9.53. The molecule has 3 aromatic rings. The van der Waals surface area contributed by atoms with E-state index in [9.17, 15) is 13.6 Å². The number of hydrogen-bond donors (Lipinski definition) is 0. The molecule has 0 spiro atoms. The molecule has 30 heavy (non-hydrogen) atoms. The monoisotopic (exact) mass is 407 g/mol. The summed E-state index contributed by atoms with van der Waals surface area (Å²) in [7, 11) is 0. The van der Waals surface area contributed by atoms with Gasteiger partial charge in [0, 0.05) is 24.7 Å². The molecule has 0 saturated heterocycles. The number of amides is 1. The van der Waals surface area contributed by atoms with Gasteiger partial charge in [0.1, 0.15) is 17.3 Å². The van der Waals surface area contributed by atoms with E-state index in [-0.39, 0.29) is 18.7 Å². The number of oxime groups is 1. The summed E-state index contributed by atoms with van der Waals surface area (Å²) < 4.78 is 28.4. The molecule has 0 saturated carbocycles. The third-order valence-electron chi connectivity index (χ3n) is 4.83. The van der Waals surface area contributed by atoms with E-state index in [0.717, 1.165) is 0 Å². The second-order valence-corrected chi connectivity index (χ2v) is 6.94. The van der Waals surface area contributed by atoms with Crippen LogP contribution in [0.3, 0.4) is 0 Å². The number of benzene rings is 2. The molecule has 1 unspecified atom stereocenters. The van der Waals surface area contributed by atoms with Crippen molar-refractivity contribution < 1.29 is 18.4 Å². The third kappa shape index (κ3) is 4.35. The van der Waals surface area contributed by atoms with E-state index in [4.69, 9.17) is 4.84 Å². The van der Waals surface area contributed by atoms with Gasteiger partial charge in [-0.3, -0.25) is 9.78 Å². The third-order valence-corrected chi connectivity index (χ3v) is 4.83. The SMILES string of the molecule is O=C(c1ccccc1F)N(Cc1ccccc1F)CC1CC(c2ccccn2)=NO1. The maximum absolute atomic E-state index is 14.2. The quantitative estimate of drug-likeness (QED) is 0.616. The van der Waals surface area contributed by atoms with E-state index in [1.165, 1.54) is 29.2 Å². The average molecular weight is 407 g/mol. The first kappa shape index (κ1) is 19.7. The predicted molar refractivity (Wildman–Crippen MR) is 108 cm³/mol. The Morgan fingerprint density at radius 2 is 1.73 bits per heavy atom. The van der Waals surface area contributed by atoms with Crippen LogP contribution in [0.2, 0.25) is 0 Å². The summed E-state index contributed by atoms with van der Waals surface area (Å²) in [6.07, 6.45) is 1.66. The Hall–Kier alpha value is -3.61. The zero-order valence-corrected chi connectivity index (χ0v) is 16.0. The lowest BCUT2D eigenvalue weighted by Gasteiger charge is -2.25. The summed E-state index contributed by atoms with van der Waals surface area (Å²) in [5.74, 6) is -1.59. The maximum Gasteiger partial charge on any atom is 0.257 e. The van der Waals surface area contributed by atoms with Gasteiger partial charge in [0.25, 0.3) is 5.91 Å². The maximum atomic E-state index is 14.2. The van der Waals surface area contributed by atoms with Crippen LogP contribution in [0, 0.1) is 11.6 Å². The second kappa shape index (κ2) is 8.82. The molecule has 0 N–H and O–H groups in total. The molecule has 5 nitrogen and oxygen atoms in total. The molecule has 0 bridgehead atoms. The molecule has 152 valence electrons. The van der Waals surface area contributed by atoms with Crippen LogP contribution in [0.15, 0.2) is 78.1 Å². The van der Waals surface area contributed by atoms with Crippen molar-refractivity contribution >= 4 is 11.6 Å². The fourth-order valence-electron chi connectivity index (χ4n) is 3.31. The molecular weight excluding hydrogens is 388 g/mol. The summed E-state index contributed by atoms with van der Waals surface area (Å²) in [5, 5.41) is 4.08. The van der Waals surface area contributed by atoms with E-state index < -0.39 is 23.6 Å². The van der Waals surface area contributed by atoms with Crippen LogP contribution in [-0.4, -0.2) is 34.2 Å². The van der Waals surface area contributed by atoms with Gasteiger partial charge in [-0.15, -0.1) is 0 Å². The molecule has 4 rings (SSSR count). The Labute approximate surface area is 172 Å². The number of rotatable bonds is 6. The van der Waals surface area contributed by atoms with Gasteiger partial charge in [-0.1, -0.05) is 41.6 Å². The Balaban J connectivity index is 1.54. The lowest BCUT2D eigenvalue weighted by Crippen LogP contribution is -2.38. The standard InChI is InChI=1S/C23H19F2N3O2/c24-19-9-3-1-7-16(19)14-28(23(29)18-8-2-4-10-20(18)25)15-17-13-22(27-30-17)21-11-5-6-12-26-21/h1-12,17H,13-15H2. The van der Waals surface area contributed by atoms with Crippen molar-refractivity contribution in [2.24, 2.45) is 5.16 Å². The molecule has 2 aromatic carbocycles. The number of pyridine rings is 1. The van der Waals surface area contributed by atoms with Crippen LogP contribution in [-0.2, 0) is 11.4 Å². The van der Waals surface area contributed by atoms with E-state index in [2.05, 4.69) is 10.1 Å². The van der Waals surface area contributed by atoms with Crippen molar-refractivity contribution in [1.29, 1.82) is 0 Å². The second-order valence-electron chi connectivity index (χ2n) is 6.94. The van der Waals surface area contributed by atoms with Gasteiger partial charge in [0.2, 0.25) is 0 Å². The minimum Gasteiger partial charge on any atom is -0.390 e. The van der Waals surface area contributed by atoms with Crippen molar-refractivity contribution in [2.75, 3.05) is 6.54 Å². The largest absolute Gasteiger partial charge is 0.390 e. The number of carbonyl (C=O) groups is 1. The zero-order valence-electron chi connectivity index (χ0n) is 16.0. The van der Waals surface area contributed by atoms with Crippen LogP contribution in [0.1, 0.15) is 28.0 Å². The highest BCUT2D eigenvalue weighted by molar-refractivity contribution is 5.99. The molecule has 1 aromatic heterocycles. The predicted octanol–water partition coefficient (Wildman–Crippen LogP) is 4.20. The fraction of sp³-hybridized carbons (Fsp3) is 0.174. The van der Waals surface area contributed by atoms with Crippen LogP contribution in [0.5, 0.6) is 0 Å². The van der Waals surface area contributed by atoms with Gasteiger partial charge in [-0.2, -0.15) is 0 Å². The first-order valence-electron chi connectivity index (χ1n) is 9.53. The zero-order chi connectivity index (χ0) is 20.9. The lowest BCUT2D eigenvalue weighted by molar-refractivity contribution is 0.0400. The molecule has 0 radical (unpaired) electrons. The molecule has 1 aliphatic rings. The minimum atomic E-state index is -0.626. The van der Waals surface area contributed by atoms with Crippen LogP contribution >= 0.6 is 0 Å². The van der Waals surface area contributed by atoms with Crippen LogP contribution < -0.4 is 0 Å². The number of halogens is 2. The van der Waals surface area contributed by atoms with Gasteiger partial charge in [0.15, 0.2) is 6.10 Å². The molecular formula is C23H19F2N3O2. The van der Waals surface area contributed by atoms with E-state index >= 15 is 0 Å². The molecule has 0 aliphatic carbocycles. The van der Waals surface area contributed by atoms with E-state index in [1.807, 2.05) is 12.1 Å². The molecule has 2 heterocycles. The topological polar surface area (TPSA) is 54.8 Å². The summed E-state index contributed by atoms with van der Waals surface area (Å²) in [6, 6.07) is 17.4. The van der Waals surface area contributed by atoms with Gasteiger partial charge >= 0.3 is 0 Å². The van der Waals surface area contributed by atoms with Crippen molar-refractivity contribution in [3.05, 3.63) is 101 Å². The lowest BCUT2D eigenvalue weighted by atomic mass is 10.1. The van der Waals surface area contributed by atoms with Crippen molar-refractivity contribution in [2.45, 2.75) is 19.1 Å². The average Bonchev–Trinajstić information content (AvgIpc) is 3.24. The number of carbonyl (C=O) groups excluding carboxylic acids is 1. The first-order chi connectivity index (χ1) is 14.6. The summed E-state index contributed by atoms with van der Waals surface area (Å²) in [5.41, 5.74) is 1.63. The summed E-state index contributed by atoms with van der Waals surface area (Å²) >= 11 is 0. The van der Waals surface area contributed by atoms with Gasteiger partial charge in [-0.05, 0) is 30.3 Å². The van der Waals surface area contributed by atoms with Crippen molar-refractivity contribution in [3.63, 3.8) is 0 Å². The van der Waals surface area contributed by atoms with Gasteiger partial charge in [0.05, 0.1) is 17.8 Å². The summed E-state index contributed by atoms with van der Waals surface area (Å²) in [6.45, 7) is 0.111. The molecule has 1 aliphatic heterocycles. The minimum absolute atomic E-state index is 0.0153. The van der Waals surface area contributed by atoms with Crippen molar-refractivity contribution in [1.82, 2.24) is 9.88 Å². The molecule has 1 amide bonds. The smallest absolute Gasteiger partial charge is 0.257 e. The molecule has 7 heteroatoms. The highest BCUT2D eigenvalue weighted by atomic mass is 19.1. The molecule has 0 fully saturated rings. The highest BCUT2D eigenvalue weighted by Crippen LogP contribution is 2.20. The summed E-state index contributed by atoms with van der Waals surface area (Å²) in [4.78, 5) is 24.2. The van der Waals surface area contributed by atoms with Crippen LogP contribution in [0.25, 0.3) is 0 Å². The molecule has 1 atom stereocenters. The van der Waals surface area contributed by atoms with E-state index in [0.29, 0.717) is 23.4 Å². The highest BCUT2D eigenvalue weighted by Gasteiger charge is 2.29. The van der Waals surface area contributed by atoms with E-state index in [1.54, 1.807) is 36.5 Å². The number of aromatic nitrogens is 1.